The fourth-order valence-electron chi connectivity index (χ4n) is 6.60. The number of fused-ring (bicyclic) bond motifs is 5. The minimum Gasteiger partial charge on any atom is -0.500 e. The zero-order chi connectivity index (χ0) is 46.5. The molecule has 9 rings (SSSR count). The number of aryl methyl sites for hydroxylation is 2. The summed E-state index contributed by atoms with van der Waals surface area (Å²) in [6, 6.07) is 47.6. The zero-order valence-corrected chi connectivity index (χ0v) is 33.6. The summed E-state index contributed by atoms with van der Waals surface area (Å²) < 4.78 is 109. The number of halogens is 3. The minimum atomic E-state index is -4.69. The van der Waals surface area contributed by atoms with E-state index >= 15 is 0 Å². The second kappa shape index (κ2) is 16.5. The molecule has 0 aliphatic carbocycles. The standard InChI is InChI=1S/C32H23F3NO.C19H16N.Ir/c1-31(2,32(33,34)35)18-20-10-12-21(13-11-20)23-15-17-28(36-19-23)27-9-5-8-25-26-16-14-22-6-3-4-7-24(22)29(26)37-30(25)27;1-14-8-11-19(20-13-14)17-10-9-15(2)18(12-17)16-6-4-3-5-7-16;/h3-8,10-17,19H,18H2,1-2H3;3-9,11-13H,1-2H3;/q2*-1;/i18D2;1D3,2D3;. The van der Waals surface area contributed by atoms with Crippen molar-refractivity contribution < 1.29 is 48.7 Å². The van der Waals surface area contributed by atoms with Gasteiger partial charge in [-0.1, -0.05) is 152 Å². The zero-order valence-electron chi connectivity index (χ0n) is 39.2. The molecule has 0 unspecified atom stereocenters. The normalized spacial score (nSPS) is 14.4. The summed E-state index contributed by atoms with van der Waals surface area (Å²) in [6.45, 7) is -2.72. The molecular formula is C51H39F3IrN2O-2. The van der Waals surface area contributed by atoms with Crippen molar-refractivity contribution in [2.75, 3.05) is 0 Å². The summed E-state index contributed by atoms with van der Waals surface area (Å²) in [5, 5.41) is 4.12. The third kappa shape index (κ3) is 8.24. The van der Waals surface area contributed by atoms with Gasteiger partial charge in [-0.2, -0.15) is 13.2 Å². The summed E-state index contributed by atoms with van der Waals surface area (Å²) >= 11 is 0. The van der Waals surface area contributed by atoms with E-state index in [0.29, 0.717) is 28.1 Å². The van der Waals surface area contributed by atoms with Gasteiger partial charge >= 0.3 is 6.18 Å². The molecule has 0 amide bonds. The van der Waals surface area contributed by atoms with E-state index in [1.807, 2.05) is 78.9 Å². The summed E-state index contributed by atoms with van der Waals surface area (Å²) in [5.41, 5.74) is 4.69. The molecule has 6 aromatic carbocycles. The van der Waals surface area contributed by atoms with E-state index in [0.717, 1.165) is 63.2 Å². The number of aromatic nitrogens is 2. The van der Waals surface area contributed by atoms with Gasteiger partial charge in [0.25, 0.3) is 0 Å². The molecule has 9 aromatic rings. The average molecular weight is 953 g/mol. The van der Waals surface area contributed by atoms with E-state index in [1.165, 1.54) is 30.5 Å². The van der Waals surface area contributed by atoms with Crippen LogP contribution < -0.4 is 0 Å². The number of alkyl halides is 3. The Morgan fingerprint density at radius 3 is 2.10 bits per heavy atom. The maximum atomic E-state index is 13.5. The van der Waals surface area contributed by atoms with Crippen LogP contribution in [-0.4, -0.2) is 16.1 Å². The molecule has 291 valence electrons. The molecule has 0 aliphatic rings. The first kappa shape index (κ1) is 31.2. The van der Waals surface area contributed by atoms with Gasteiger partial charge in [0, 0.05) is 54.2 Å². The Balaban J connectivity index is 0.000000210. The molecule has 0 atom stereocenters. The van der Waals surface area contributed by atoms with Crippen LogP contribution in [0.5, 0.6) is 0 Å². The van der Waals surface area contributed by atoms with Crippen LogP contribution in [-0.2, 0) is 26.5 Å². The molecule has 3 nitrogen and oxygen atoms in total. The Morgan fingerprint density at radius 2 is 1.40 bits per heavy atom. The van der Waals surface area contributed by atoms with E-state index in [9.17, 15) is 13.2 Å². The molecule has 0 bridgehead atoms. The van der Waals surface area contributed by atoms with Crippen molar-refractivity contribution >= 4 is 32.7 Å². The van der Waals surface area contributed by atoms with Gasteiger partial charge in [0.2, 0.25) is 0 Å². The van der Waals surface area contributed by atoms with E-state index in [1.54, 1.807) is 30.5 Å². The second-order valence-corrected chi connectivity index (χ2v) is 14.1. The summed E-state index contributed by atoms with van der Waals surface area (Å²) in [6.07, 6.45) is -4.29. The van der Waals surface area contributed by atoms with E-state index in [-0.39, 0.29) is 36.8 Å². The monoisotopic (exact) mass is 953 g/mol. The first-order valence-electron chi connectivity index (χ1n) is 22.1. The third-order valence-corrected chi connectivity index (χ3v) is 9.80. The predicted octanol–water partition coefficient (Wildman–Crippen LogP) is 14.2. The first-order chi connectivity index (χ1) is 30.6. The maximum absolute atomic E-state index is 13.5. The predicted molar refractivity (Wildman–Crippen MR) is 226 cm³/mol. The summed E-state index contributed by atoms with van der Waals surface area (Å²) in [5.74, 6) is 0. The molecule has 58 heavy (non-hydrogen) atoms. The van der Waals surface area contributed by atoms with Crippen LogP contribution in [0.15, 0.2) is 156 Å². The molecule has 0 fully saturated rings. The fourth-order valence-corrected chi connectivity index (χ4v) is 6.60. The summed E-state index contributed by atoms with van der Waals surface area (Å²) in [4.78, 5) is 8.85. The Hall–Kier alpha value is -5.88. The van der Waals surface area contributed by atoms with Crippen molar-refractivity contribution in [1.29, 1.82) is 0 Å². The average Bonchev–Trinajstić information content (AvgIpc) is 3.68. The molecule has 1 radical (unpaired) electrons. The molecule has 0 N–H and O–H groups in total. The van der Waals surface area contributed by atoms with E-state index in [4.69, 9.17) is 15.4 Å². The number of hydrogen-bond donors (Lipinski definition) is 0. The van der Waals surface area contributed by atoms with Crippen LogP contribution in [0.25, 0.3) is 77.5 Å². The van der Waals surface area contributed by atoms with Gasteiger partial charge in [-0.3, -0.25) is 0 Å². The van der Waals surface area contributed by atoms with Gasteiger partial charge in [0.05, 0.1) is 11.0 Å². The van der Waals surface area contributed by atoms with Crippen molar-refractivity contribution in [3.8, 4) is 44.8 Å². The molecule has 0 saturated carbocycles. The van der Waals surface area contributed by atoms with Crippen LogP contribution in [0.3, 0.4) is 0 Å². The largest absolute Gasteiger partial charge is 0.500 e. The minimum absolute atomic E-state index is 0. The Labute approximate surface area is 361 Å². The summed E-state index contributed by atoms with van der Waals surface area (Å²) in [7, 11) is 0. The van der Waals surface area contributed by atoms with Crippen LogP contribution in [0, 0.1) is 31.3 Å². The Morgan fingerprint density at radius 1 is 0.672 bits per heavy atom. The molecule has 3 aromatic heterocycles. The van der Waals surface area contributed by atoms with Crippen molar-refractivity contribution in [3.63, 3.8) is 0 Å². The fraction of sp³-hybridized carbons (Fsp3) is 0.137. The Kier molecular flexibility index (Phi) is 8.88. The van der Waals surface area contributed by atoms with Crippen molar-refractivity contribution in [2.45, 2.75) is 40.1 Å². The smallest absolute Gasteiger partial charge is 0.394 e. The third-order valence-electron chi connectivity index (χ3n) is 9.80. The maximum Gasteiger partial charge on any atom is 0.394 e. The van der Waals surface area contributed by atoms with Crippen molar-refractivity contribution in [2.24, 2.45) is 5.41 Å². The van der Waals surface area contributed by atoms with Crippen LogP contribution in [0.4, 0.5) is 13.2 Å². The van der Waals surface area contributed by atoms with Crippen LogP contribution >= 0.6 is 0 Å². The van der Waals surface area contributed by atoms with Gasteiger partial charge in [-0.15, -0.1) is 47.5 Å². The van der Waals surface area contributed by atoms with E-state index < -0.39 is 31.7 Å². The molecule has 0 spiro atoms. The molecule has 7 heteroatoms. The Bertz CT molecular complexity index is 3150. The molecular weight excluding hydrogens is 906 g/mol. The molecule has 0 saturated heterocycles. The van der Waals surface area contributed by atoms with Crippen LogP contribution in [0.1, 0.15) is 41.5 Å². The van der Waals surface area contributed by atoms with Gasteiger partial charge in [-0.05, 0) is 57.8 Å². The van der Waals surface area contributed by atoms with Crippen LogP contribution in [0.2, 0.25) is 0 Å². The number of furan rings is 1. The SMILES string of the molecule is [2H]C([2H])([2H])c1ccc(-c2[c-]cc(C([2H])([2H])[2H])c(-c3ccccc3)c2)nc1.[2H]C([2H])(c1ccc(-c2ccc(-c3[c-]ccc4c3oc3c5ccccc5ccc43)nc2)cc1)C(C)(C)C(F)(F)F.[Ir]. The number of nitrogens with zero attached hydrogens (tertiary/aromatic N) is 2. The van der Waals surface area contributed by atoms with Gasteiger partial charge in [-0.25, -0.2) is 0 Å². The van der Waals surface area contributed by atoms with Crippen molar-refractivity contribution in [1.82, 2.24) is 9.97 Å². The topological polar surface area (TPSA) is 38.9 Å². The number of benzene rings is 6. The first-order valence-corrected chi connectivity index (χ1v) is 18.1. The number of hydrogen-bond acceptors (Lipinski definition) is 3. The molecule has 0 aliphatic heterocycles. The van der Waals surface area contributed by atoms with Gasteiger partial charge in [0.1, 0.15) is 5.58 Å². The van der Waals surface area contributed by atoms with Crippen molar-refractivity contribution in [3.05, 3.63) is 181 Å². The molecule has 3 heterocycles. The van der Waals surface area contributed by atoms with E-state index in [2.05, 4.69) is 34.2 Å². The second-order valence-electron chi connectivity index (χ2n) is 14.1. The van der Waals surface area contributed by atoms with Gasteiger partial charge < -0.3 is 14.4 Å². The number of pyridine rings is 2. The number of rotatable bonds is 6. The van der Waals surface area contributed by atoms with Gasteiger partial charge in [0.15, 0.2) is 0 Å². The quantitative estimate of drug-likeness (QED) is 0.156.